The van der Waals surface area contributed by atoms with Crippen molar-refractivity contribution in [1.82, 2.24) is 5.32 Å². The first kappa shape index (κ1) is 8.63. The Morgan fingerprint density at radius 2 is 2.00 bits per heavy atom. The van der Waals surface area contributed by atoms with Crippen molar-refractivity contribution in [2.24, 2.45) is 0 Å². The number of hydrogen-bond acceptors (Lipinski definition) is 1. The van der Waals surface area contributed by atoms with Gasteiger partial charge in [-0.25, -0.2) is 8.78 Å². The van der Waals surface area contributed by atoms with Crippen LogP contribution in [0, 0.1) is 11.6 Å². The predicted octanol–water partition coefficient (Wildman–Crippen LogP) is 2.22. The number of benzene rings is 1. The first-order chi connectivity index (χ1) is 6.25. The Morgan fingerprint density at radius 3 is 2.62 bits per heavy atom. The normalized spacial score (nSPS) is 16.2. The second-order valence-corrected chi connectivity index (χ2v) is 3.40. The molecular weight excluding hydrogens is 172 g/mol. The third kappa shape index (κ3) is 2.25. The van der Waals surface area contributed by atoms with Gasteiger partial charge in [0.2, 0.25) is 0 Å². The van der Waals surface area contributed by atoms with Gasteiger partial charge in [-0.05, 0) is 30.5 Å². The molecule has 1 nitrogen and oxygen atoms in total. The summed E-state index contributed by atoms with van der Waals surface area (Å²) < 4.78 is 25.2. The van der Waals surface area contributed by atoms with E-state index in [4.69, 9.17) is 0 Å². The van der Waals surface area contributed by atoms with Gasteiger partial charge in [0.25, 0.3) is 0 Å². The Kier molecular flexibility index (Phi) is 2.27. The molecule has 0 heterocycles. The van der Waals surface area contributed by atoms with Crippen LogP contribution in [0.2, 0.25) is 0 Å². The van der Waals surface area contributed by atoms with Crippen molar-refractivity contribution in [2.45, 2.75) is 25.4 Å². The molecule has 0 unspecified atom stereocenters. The summed E-state index contributed by atoms with van der Waals surface area (Å²) in [6.45, 7) is 0.627. The Morgan fingerprint density at radius 1 is 1.23 bits per heavy atom. The monoisotopic (exact) mass is 183 g/mol. The van der Waals surface area contributed by atoms with Gasteiger partial charge in [-0.3, -0.25) is 0 Å². The van der Waals surface area contributed by atoms with Gasteiger partial charge in [-0.15, -0.1) is 0 Å². The largest absolute Gasteiger partial charge is 0.310 e. The highest BCUT2D eigenvalue weighted by Crippen LogP contribution is 2.19. The van der Waals surface area contributed by atoms with E-state index in [1.807, 2.05) is 0 Å². The Hall–Kier alpha value is -0.960. The molecule has 1 aliphatic rings. The second kappa shape index (κ2) is 3.42. The van der Waals surface area contributed by atoms with Gasteiger partial charge in [0.05, 0.1) is 0 Å². The van der Waals surface area contributed by atoms with Gasteiger partial charge in [-0.1, -0.05) is 6.07 Å². The lowest BCUT2D eigenvalue weighted by Gasteiger charge is -2.02. The number of halogens is 2. The molecule has 0 saturated heterocycles. The molecule has 1 aromatic rings. The highest BCUT2D eigenvalue weighted by atomic mass is 19.2. The molecule has 0 bridgehead atoms. The molecule has 1 saturated carbocycles. The topological polar surface area (TPSA) is 12.0 Å². The van der Waals surface area contributed by atoms with Crippen molar-refractivity contribution >= 4 is 0 Å². The van der Waals surface area contributed by atoms with E-state index >= 15 is 0 Å². The summed E-state index contributed by atoms with van der Waals surface area (Å²) in [7, 11) is 0. The third-order valence-corrected chi connectivity index (χ3v) is 2.16. The van der Waals surface area contributed by atoms with Gasteiger partial charge in [0.15, 0.2) is 11.6 Å². The van der Waals surface area contributed by atoms with E-state index in [-0.39, 0.29) is 0 Å². The van der Waals surface area contributed by atoms with Crippen molar-refractivity contribution in [2.75, 3.05) is 0 Å². The lowest BCUT2D eigenvalue weighted by Crippen LogP contribution is -2.15. The zero-order valence-corrected chi connectivity index (χ0v) is 7.19. The van der Waals surface area contributed by atoms with E-state index in [9.17, 15) is 8.78 Å². The molecule has 1 aliphatic carbocycles. The van der Waals surface area contributed by atoms with Gasteiger partial charge in [0, 0.05) is 12.6 Å². The summed E-state index contributed by atoms with van der Waals surface area (Å²) in [5.74, 6) is -1.55. The summed E-state index contributed by atoms with van der Waals surface area (Å²) in [6.07, 6.45) is 2.40. The zero-order valence-electron chi connectivity index (χ0n) is 7.19. The molecule has 0 radical (unpaired) electrons. The Labute approximate surface area is 75.8 Å². The Balaban J connectivity index is 1.98. The number of rotatable bonds is 3. The molecule has 2 rings (SSSR count). The highest BCUT2D eigenvalue weighted by molar-refractivity contribution is 5.17. The van der Waals surface area contributed by atoms with E-state index in [0.717, 1.165) is 5.56 Å². The smallest absolute Gasteiger partial charge is 0.159 e. The van der Waals surface area contributed by atoms with Crippen LogP contribution in [0.5, 0.6) is 0 Å². The van der Waals surface area contributed by atoms with Crippen molar-refractivity contribution < 1.29 is 8.78 Å². The minimum Gasteiger partial charge on any atom is -0.310 e. The molecule has 70 valence electrons. The molecule has 1 fully saturated rings. The molecule has 0 aromatic heterocycles. The second-order valence-electron chi connectivity index (χ2n) is 3.40. The van der Waals surface area contributed by atoms with E-state index < -0.39 is 11.6 Å². The summed E-state index contributed by atoms with van der Waals surface area (Å²) >= 11 is 0. The average Bonchev–Trinajstić information content (AvgIpc) is 2.91. The highest BCUT2D eigenvalue weighted by Gasteiger charge is 2.19. The molecule has 1 N–H and O–H groups in total. The third-order valence-electron chi connectivity index (χ3n) is 2.16. The van der Waals surface area contributed by atoms with Crippen LogP contribution >= 0.6 is 0 Å². The van der Waals surface area contributed by atoms with Crippen LogP contribution < -0.4 is 5.32 Å². The molecule has 0 spiro atoms. The fraction of sp³-hybridized carbons (Fsp3) is 0.400. The van der Waals surface area contributed by atoms with E-state index in [1.165, 1.54) is 25.0 Å². The van der Waals surface area contributed by atoms with Crippen LogP contribution in [0.1, 0.15) is 18.4 Å². The van der Waals surface area contributed by atoms with Crippen molar-refractivity contribution in [3.8, 4) is 0 Å². The molecule has 13 heavy (non-hydrogen) atoms. The van der Waals surface area contributed by atoms with Crippen molar-refractivity contribution in [3.63, 3.8) is 0 Å². The zero-order chi connectivity index (χ0) is 9.26. The van der Waals surface area contributed by atoms with Crippen molar-refractivity contribution in [3.05, 3.63) is 35.4 Å². The maximum atomic E-state index is 12.7. The lowest BCUT2D eigenvalue weighted by atomic mass is 10.2. The fourth-order valence-electron chi connectivity index (χ4n) is 1.20. The van der Waals surface area contributed by atoms with E-state index in [1.54, 1.807) is 6.07 Å². The van der Waals surface area contributed by atoms with Crippen molar-refractivity contribution in [1.29, 1.82) is 0 Å². The summed E-state index contributed by atoms with van der Waals surface area (Å²) in [5.41, 5.74) is 0.797. The van der Waals surface area contributed by atoms with E-state index in [0.29, 0.717) is 12.6 Å². The molecule has 3 heteroatoms. The first-order valence-corrected chi connectivity index (χ1v) is 4.43. The predicted molar refractivity (Wildman–Crippen MR) is 46.2 cm³/mol. The summed E-state index contributed by atoms with van der Waals surface area (Å²) in [4.78, 5) is 0. The number of hydrogen-bond donors (Lipinski definition) is 1. The molecule has 0 atom stereocenters. The van der Waals surface area contributed by atoms with Crippen LogP contribution in [-0.2, 0) is 6.54 Å². The maximum absolute atomic E-state index is 12.7. The molecule has 1 aromatic carbocycles. The molecular formula is C10H11F2N. The SMILES string of the molecule is Fc1ccc(CNC2CC2)cc1F. The van der Waals surface area contributed by atoms with Crippen LogP contribution in [0.25, 0.3) is 0 Å². The van der Waals surface area contributed by atoms with Gasteiger partial charge in [-0.2, -0.15) is 0 Å². The fourth-order valence-corrected chi connectivity index (χ4v) is 1.20. The summed E-state index contributed by atoms with van der Waals surface area (Å²) in [6, 6.07) is 4.60. The average molecular weight is 183 g/mol. The minimum atomic E-state index is -0.782. The molecule has 0 amide bonds. The van der Waals surface area contributed by atoms with Crippen LogP contribution in [-0.4, -0.2) is 6.04 Å². The lowest BCUT2D eigenvalue weighted by molar-refractivity contribution is 0.506. The number of nitrogens with one attached hydrogen (secondary N) is 1. The quantitative estimate of drug-likeness (QED) is 0.757. The molecule has 0 aliphatic heterocycles. The van der Waals surface area contributed by atoms with Crippen LogP contribution in [0.4, 0.5) is 8.78 Å². The minimum absolute atomic E-state index is 0.591. The van der Waals surface area contributed by atoms with Gasteiger partial charge >= 0.3 is 0 Å². The van der Waals surface area contributed by atoms with E-state index in [2.05, 4.69) is 5.32 Å². The van der Waals surface area contributed by atoms with Gasteiger partial charge in [0.1, 0.15) is 0 Å². The summed E-state index contributed by atoms with van der Waals surface area (Å²) in [5, 5.41) is 3.23. The first-order valence-electron chi connectivity index (χ1n) is 4.43. The standard InChI is InChI=1S/C10H11F2N/c11-9-4-1-7(5-10(9)12)6-13-8-2-3-8/h1,4-5,8,13H,2-3,6H2. The Bertz CT molecular complexity index is 308. The van der Waals surface area contributed by atoms with Gasteiger partial charge < -0.3 is 5.32 Å². The van der Waals surface area contributed by atoms with Crippen LogP contribution in [0.3, 0.4) is 0 Å². The van der Waals surface area contributed by atoms with Crippen LogP contribution in [0.15, 0.2) is 18.2 Å². The maximum Gasteiger partial charge on any atom is 0.159 e.